The number of hydrogen-bond donors (Lipinski definition) is 0. The summed E-state index contributed by atoms with van der Waals surface area (Å²) in [6.45, 7) is 2.96. The zero-order valence-electron chi connectivity index (χ0n) is 15.8. The molecule has 29 heavy (non-hydrogen) atoms. The zero-order chi connectivity index (χ0) is 19.6. The number of fused-ring (bicyclic) bond motifs is 3. The summed E-state index contributed by atoms with van der Waals surface area (Å²) in [5, 5.41) is 16.6. The fourth-order valence-electron chi connectivity index (χ4n) is 3.32. The van der Waals surface area contributed by atoms with Crippen molar-refractivity contribution >= 4 is 45.2 Å². The van der Waals surface area contributed by atoms with Crippen molar-refractivity contribution in [3.63, 3.8) is 0 Å². The molecule has 0 radical (unpaired) electrons. The van der Waals surface area contributed by atoms with Gasteiger partial charge in [-0.1, -0.05) is 41.2 Å². The maximum atomic E-state index is 5.35. The second kappa shape index (κ2) is 7.92. The molecule has 9 heteroatoms. The smallest absolute Gasteiger partial charge is 0.227 e. The lowest BCUT2D eigenvalue weighted by molar-refractivity contribution is 0.378. The highest BCUT2D eigenvalue weighted by Gasteiger charge is 2.14. The number of aromatic nitrogens is 6. The molecule has 0 amide bonds. The lowest BCUT2D eigenvalue weighted by Crippen LogP contribution is -1.99. The van der Waals surface area contributed by atoms with Gasteiger partial charge in [-0.05, 0) is 30.9 Å². The maximum Gasteiger partial charge on any atom is 0.227 e. The van der Waals surface area contributed by atoms with Crippen LogP contribution in [0.3, 0.4) is 0 Å². The molecule has 0 saturated heterocycles. The number of para-hydroxylation sites is 1. The SMILES string of the molecule is CCn1c2ccccc2c2nnc(SCCCc3nc(-c4cccs4)no3)nc21. The Balaban J connectivity index is 1.26. The highest BCUT2D eigenvalue weighted by molar-refractivity contribution is 7.99. The van der Waals surface area contributed by atoms with Gasteiger partial charge in [0.1, 0.15) is 5.52 Å². The molecule has 1 aromatic carbocycles. The Morgan fingerprint density at radius 3 is 2.90 bits per heavy atom. The van der Waals surface area contributed by atoms with Gasteiger partial charge in [-0.2, -0.15) is 4.98 Å². The van der Waals surface area contributed by atoms with Crippen LogP contribution in [0, 0.1) is 0 Å². The van der Waals surface area contributed by atoms with E-state index in [1.807, 2.05) is 29.6 Å². The van der Waals surface area contributed by atoms with Crippen LogP contribution in [0.15, 0.2) is 51.5 Å². The molecule has 0 spiro atoms. The van der Waals surface area contributed by atoms with E-state index in [2.05, 4.69) is 44.0 Å². The Hall–Kier alpha value is -2.78. The highest BCUT2D eigenvalue weighted by atomic mass is 32.2. The van der Waals surface area contributed by atoms with Crippen molar-refractivity contribution in [1.29, 1.82) is 0 Å². The number of rotatable bonds is 7. The third-order valence-electron chi connectivity index (χ3n) is 4.65. The lowest BCUT2D eigenvalue weighted by Gasteiger charge is -2.02. The quantitative estimate of drug-likeness (QED) is 0.274. The van der Waals surface area contributed by atoms with Crippen LogP contribution < -0.4 is 0 Å². The van der Waals surface area contributed by atoms with Crippen LogP contribution in [0.4, 0.5) is 0 Å². The first-order valence-electron chi connectivity index (χ1n) is 9.44. The van der Waals surface area contributed by atoms with Crippen LogP contribution in [-0.2, 0) is 13.0 Å². The molecule has 0 saturated carbocycles. The molecule has 0 atom stereocenters. The summed E-state index contributed by atoms with van der Waals surface area (Å²) in [6.07, 6.45) is 1.63. The van der Waals surface area contributed by atoms with E-state index in [0.29, 0.717) is 16.9 Å². The van der Waals surface area contributed by atoms with Crippen LogP contribution in [-0.4, -0.2) is 35.6 Å². The first kappa shape index (κ1) is 18.3. The third kappa shape index (κ3) is 3.51. The Kier molecular flexibility index (Phi) is 4.99. The number of thiophene rings is 1. The Morgan fingerprint density at radius 2 is 2.03 bits per heavy atom. The standard InChI is InChI=1S/C20H18N6OS2/c1-2-26-14-8-4-3-7-13(14)17-19(26)22-20(24-23-17)29-12-6-10-16-21-18(25-27-16)15-9-5-11-28-15/h3-5,7-9,11H,2,6,10,12H2,1H3. The molecule has 0 aliphatic rings. The van der Waals surface area contributed by atoms with Crippen LogP contribution >= 0.6 is 23.1 Å². The fraction of sp³-hybridized carbons (Fsp3) is 0.250. The number of nitrogens with zero attached hydrogens (tertiary/aromatic N) is 6. The first-order chi connectivity index (χ1) is 14.3. The van der Waals surface area contributed by atoms with Crippen molar-refractivity contribution in [2.45, 2.75) is 31.5 Å². The molecule has 146 valence electrons. The lowest BCUT2D eigenvalue weighted by atomic mass is 10.2. The van der Waals surface area contributed by atoms with Gasteiger partial charge in [0.05, 0.1) is 10.4 Å². The Bertz CT molecular complexity index is 1260. The number of aryl methyl sites for hydroxylation is 2. The van der Waals surface area contributed by atoms with Crippen molar-refractivity contribution < 1.29 is 4.52 Å². The summed E-state index contributed by atoms with van der Waals surface area (Å²) in [5.41, 5.74) is 2.90. The van der Waals surface area contributed by atoms with Gasteiger partial charge < -0.3 is 9.09 Å². The van der Waals surface area contributed by atoms with E-state index in [1.165, 1.54) is 0 Å². The third-order valence-corrected chi connectivity index (χ3v) is 6.44. The molecule has 0 N–H and O–H groups in total. The second-order valence-electron chi connectivity index (χ2n) is 6.47. The van der Waals surface area contributed by atoms with Crippen molar-refractivity contribution in [2.24, 2.45) is 0 Å². The van der Waals surface area contributed by atoms with Gasteiger partial charge in [0.2, 0.25) is 16.9 Å². The molecular weight excluding hydrogens is 404 g/mol. The minimum Gasteiger partial charge on any atom is -0.339 e. The van der Waals surface area contributed by atoms with E-state index >= 15 is 0 Å². The molecule has 4 aromatic heterocycles. The monoisotopic (exact) mass is 422 g/mol. The molecule has 5 rings (SSSR count). The maximum absolute atomic E-state index is 5.35. The van der Waals surface area contributed by atoms with Crippen molar-refractivity contribution in [1.82, 2.24) is 29.9 Å². The van der Waals surface area contributed by atoms with Gasteiger partial charge in [-0.25, -0.2) is 4.98 Å². The van der Waals surface area contributed by atoms with E-state index in [-0.39, 0.29) is 0 Å². The van der Waals surface area contributed by atoms with Gasteiger partial charge >= 0.3 is 0 Å². The Morgan fingerprint density at radius 1 is 1.10 bits per heavy atom. The van der Waals surface area contributed by atoms with Crippen molar-refractivity contribution in [3.8, 4) is 10.7 Å². The number of thioether (sulfide) groups is 1. The van der Waals surface area contributed by atoms with E-state index < -0.39 is 0 Å². The molecule has 0 aliphatic heterocycles. The average Bonchev–Trinajstić information content (AvgIpc) is 3.49. The second-order valence-corrected chi connectivity index (χ2v) is 8.48. The largest absolute Gasteiger partial charge is 0.339 e. The predicted octanol–water partition coefficient (Wildman–Crippen LogP) is 4.84. The highest BCUT2D eigenvalue weighted by Crippen LogP contribution is 2.27. The molecule has 0 aliphatic carbocycles. The van der Waals surface area contributed by atoms with Crippen LogP contribution in [0.25, 0.3) is 32.8 Å². The van der Waals surface area contributed by atoms with Gasteiger partial charge in [0, 0.05) is 24.1 Å². The van der Waals surface area contributed by atoms with Gasteiger partial charge in [0.15, 0.2) is 5.65 Å². The van der Waals surface area contributed by atoms with Crippen LogP contribution in [0.2, 0.25) is 0 Å². The fourth-order valence-corrected chi connectivity index (χ4v) is 4.69. The summed E-state index contributed by atoms with van der Waals surface area (Å²) in [5.74, 6) is 2.18. The van der Waals surface area contributed by atoms with E-state index in [1.54, 1.807) is 23.1 Å². The van der Waals surface area contributed by atoms with E-state index in [4.69, 9.17) is 9.51 Å². The predicted molar refractivity (Wildman–Crippen MR) is 115 cm³/mol. The van der Waals surface area contributed by atoms with Gasteiger partial charge in [0.25, 0.3) is 0 Å². The van der Waals surface area contributed by atoms with Crippen molar-refractivity contribution in [3.05, 3.63) is 47.7 Å². The van der Waals surface area contributed by atoms with Crippen LogP contribution in [0.1, 0.15) is 19.2 Å². The minimum absolute atomic E-state index is 0.660. The molecular formula is C20H18N6OS2. The van der Waals surface area contributed by atoms with Crippen LogP contribution in [0.5, 0.6) is 0 Å². The number of benzene rings is 1. The summed E-state index contributed by atoms with van der Waals surface area (Å²) < 4.78 is 7.54. The molecule has 7 nitrogen and oxygen atoms in total. The number of hydrogen-bond acceptors (Lipinski definition) is 8. The van der Waals surface area contributed by atoms with Crippen molar-refractivity contribution in [2.75, 3.05) is 5.75 Å². The van der Waals surface area contributed by atoms with Gasteiger partial charge in [-0.3, -0.25) is 0 Å². The van der Waals surface area contributed by atoms with E-state index in [0.717, 1.165) is 52.1 Å². The topological polar surface area (TPSA) is 82.5 Å². The molecule has 0 bridgehead atoms. The zero-order valence-corrected chi connectivity index (χ0v) is 17.4. The minimum atomic E-state index is 0.660. The molecule has 0 fully saturated rings. The summed E-state index contributed by atoms with van der Waals surface area (Å²) in [4.78, 5) is 10.3. The van der Waals surface area contributed by atoms with E-state index in [9.17, 15) is 0 Å². The Labute approximate surface area is 175 Å². The normalized spacial score (nSPS) is 11.6. The average molecular weight is 423 g/mol. The molecule has 0 unspecified atom stereocenters. The first-order valence-corrected chi connectivity index (χ1v) is 11.3. The molecule has 5 aromatic rings. The summed E-state index contributed by atoms with van der Waals surface area (Å²) >= 11 is 3.21. The summed E-state index contributed by atoms with van der Waals surface area (Å²) in [7, 11) is 0. The summed E-state index contributed by atoms with van der Waals surface area (Å²) in [6, 6.07) is 12.2. The van der Waals surface area contributed by atoms with Gasteiger partial charge in [-0.15, -0.1) is 21.5 Å². The molecule has 4 heterocycles.